The molecule has 0 spiro atoms. The van der Waals surface area contributed by atoms with E-state index in [9.17, 15) is 4.79 Å². The topological polar surface area (TPSA) is 44.8 Å². The molecule has 3 rings (SSSR count). The Hall–Kier alpha value is -1.75. The number of piperidine rings is 2. The van der Waals surface area contributed by atoms with E-state index in [1.807, 2.05) is 0 Å². The number of hydrogen-bond donors (Lipinski definition) is 0. The largest absolute Gasteiger partial charge is 0.497 e. The van der Waals surface area contributed by atoms with Crippen LogP contribution in [-0.4, -0.2) is 57.5 Å². The van der Waals surface area contributed by atoms with Crippen LogP contribution in [-0.2, 0) is 4.74 Å². The number of ether oxygens (including phenoxy) is 3. The molecule has 0 bridgehead atoms. The lowest BCUT2D eigenvalue weighted by atomic mass is 9.82. The lowest BCUT2D eigenvalue weighted by Gasteiger charge is -2.51. The first kappa shape index (κ1) is 18.1. The molecule has 0 amide bonds. The van der Waals surface area contributed by atoms with Gasteiger partial charge in [-0.2, -0.15) is 0 Å². The Bertz CT molecular complexity index is 614. The quantitative estimate of drug-likeness (QED) is 0.605. The predicted molar refractivity (Wildman–Crippen MR) is 96.1 cm³/mol. The lowest BCUT2D eigenvalue weighted by Crippen LogP contribution is -2.61. The molecular weight excluding hydrogens is 318 g/mol. The molecule has 2 fully saturated rings. The minimum atomic E-state index is -0.310. The molecule has 25 heavy (non-hydrogen) atoms. The Morgan fingerprint density at radius 3 is 2.68 bits per heavy atom. The van der Waals surface area contributed by atoms with Gasteiger partial charge in [-0.15, -0.1) is 0 Å². The number of carbonyl (C=O) groups excluding carboxylic acids is 1. The SMILES string of the molecule is COc1ccc(C(=O)OC[C@@H]2CCC[N@+]3(C)CCCC[C@H]23)c(OC)c1. The first-order chi connectivity index (χ1) is 12.1. The summed E-state index contributed by atoms with van der Waals surface area (Å²) in [5.74, 6) is 1.31. The van der Waals surface area contributed by atoms with E-state index < -0.39 is 0 Å². The van der Waals surface area contributed by atoms with Crippen LogP contribution in [0.2, 0.25) is 0 Å². The van der Waals surface area contributed by atoms with E-state index in [-0.39, 0.29) is 5.97 Å². The number of nitrogens with zero attached hydrogens (tertiary/aromatic N) is 1. The Balaban J connectivity index is 1.66. The molecule has 1 aromatic carbocycles. The van der Waals surface area contributed by atoms with Crippen molar-refractivity contribution in [1.29, 1.82) is 0 Å². The van der Waals surface area contributed by atoms with Crippen LogP contribution < -0.4 is 9.47 Å². The highest BCUT2D eigenvalue weighted by atomic mass is 16.5. The number of hydrogen-bond acceptors (Lipinski definition) is 4. The number of methoxy groups -OCH3 is 2. The van der Waals surface area contributed by atoms with Crippen LogP contribution >= 0.6 is 0 Å². The summed E-state index contributed by atoms with van der Waals surface area (Å²) >= 11 is 0. The average Bonchev–Trinajstić information content (AvgIpc) is 2.64. The third-order valence-electron chi connectivity index (χ3n) is 6.06. The smallest absolute Gasteiger partial charge is 0.341 e. The fourth-order valence-electron chi connectivity index (χ4n) is 4.66. The fourth-order valence-corrected chi connectivity index (χ4v) is 4.66. The van der Waals surface area contributed by atoms with Crippen LogP contribution in [0.4, 0.5) is 0 Å². The highest BCUT2D eigenvalue weighted by molar-refractivity contribution is 5.92. The van der Waals surface area contributed by atoms with E-state index in [0.29, 0.717) is 35.6 Å². The van der Waals surface area contributed by atoms with Gasteiger partial charge < -0.3 is 18.7 Å². The summed E-state index contributed by atoms with van der Waals surface area (Å²) in [4.78, 5) is 12.6. The summed E-state index contributed by atoms with van der Waals surface area (Å²) in [6.45, 7) is 3.04. The van der Waals surface area contributed by atoms with Crippen molar-refractivity contribution in [3.8, 4) is 11.5 Å². The van der Waals surface area contributed by atoms with Gasteiger partial charge >= 0.3 is 5.97 Å². The summed E-state index contributed by atoms with van der Waals surface area (Å²) in [5, 5.41) is 0. The molecule has 0 N–H and O–H groups in total. The molecule has 2 saturated heterocycles. The molecule has 3 atom stereocenters. The van der Waals surface area contributed by atoms with Crippen molar-refractivity contribution < 1.29 is 23.5 Å². The Labute approximate surface area is 150 Å². The van der Waals surface area contributed by atoms with Crippen LogP contribution in [0.25, 0.3) is 0 Å². The van der Waals surface area contributed by atoms with Crippen molar-refractivity contribution >= 4 is 5.97 Å². The van der Waals surface area contributed by atoms with Gasteiger partial charge in [0.2, 0.25) is 0 Å². The summed E-state index contributed by atoms with van der Waals surface area (Å²) in [6, 6.07) is 5.82. The third kappa shape index (κ3) is 3.76. The van der Waals surface area contributed by atoms with Gasteiger partial charge in [0.1, 0.15) is 23.7 Å². The minimum absolute atomic E-state index is 0.310. The zero-order chi connectivity index (χ0) is 17.9. The molecule has 0 radical (unpaired) electrons. The van der Waals surface area contributed by atoms with Gasteiger partial charge in [0, 0.05) is 18.4 Å². The first-order valence-corrected chi connectivity index (χ1v) is 9.31. The average molecular weight is 348 g/mol. The van der Waals surface area contributed by atoms with E-state index in [1.165, 1.54) is 38.8 Å². The van der Waals surface area contributed by atoms with Gasteiger partial charge in [-0.25, -0.2) is 4.79 Å². The molecule has 0 unspecified atom stereocenters. The predicted octanol–water partition coefficient (Wildman–Crippen LogP) is 3.27. The molecule has 5 nitrogen and oxygen atoms in total. The first-order valence-electron chi connectivity index (χ1n) is 9.31. The van der Waals surface area contributed by atoms with E-state index in [4.69, 9.17) is 14.2 Å². The molecule has 0 aromatic heterocycles. The molecular formula is C20H30NO4+. The fraction of sp³-hybridized carbons (Fsp3) is 0.650. The standard InChI is InChI=1S/C20H30NO4/c1-21-11-5-4-8-18(21)15(7-6-12-21)14-25-20(22)17-10-9-16(23-2)13-19(17)24-3/h9-10,13,15,18H,4-8,11-12,14H2,1-3H3/q+1/t15-,18+,21-/m0/s1. The van der Waals surface area contributed by atoms with Crippen LogP contribution in [0.15, 0.2) is 18.2 Å². The molecule has 2 heterocycles. The van der Waals surface area contributed by atoms with Gasteiger partial charge in [0.25, 0.3) is 0 Å². The van der Waals surface area contributed by atoms with Gasteiger partial charge in [0.05, 0.1) is 40.4 Å². The second-order valence-corrected chi connectivity index (χ2v) is 7.56. The molecule has 2 aliphatic heterocycles. The number of benzene rings is 1. The number of rotatable bonds is 5. The van der Waals surface area contributed by atoms with Crippen LogP contribution in [0, 0.1) is 5.92 Å². The third-order valence-corrected chi connectivity index (χ3v) is 6.06. The highest BCUT2D eigenvalue weighted by Gasteiger charge is 2.43. The molecule has 5 heteroatoms. The Morgan fingerprint density at radius 2 is 1.92 bits per heavy atom. The molecule has 0 aliphatic carbocycles. The van der Waals surface area contributed by atoms with Crippen LogP contribution in [0.1, 0.15) is 42.5 Å². The van der Waals surface area contributed by atoms with E-state index >= 15 is 0 Å². The van der Waals surface area contributed by atoms with E-state index in [0.717, 1.165) is 10.9 Å². The number of esters is 1. The number of fused-ring (bicyclic) bond motifs is 1. The lowest BCUT2D eigenvalue weighted by molar-refractivity contribution is -0.947. The van der Waals surface area contributed by atoms with Crippen molar-refractivity contribution in [3.05, 3.63) is 23.8 Å². The summed E-state index contributed by atoms with van der Waals surface area (Å²) in [5.41, 5.74) is 0.458. The van der Waals surface area contributed by atoms with Gasteiger partial charge in [-0.05, 0) is 37.8 Å². The van der Waals surface area contributed by atoms with Crippen molar-refractivity contribution in [2.45, 2.75) is 38.1 Å². The van der Waals surface area contributed by atoms with Gasteiger partial charge in [0.15, 0.2) is 0 Å². The maximum absolute atomic E-state index is 12.6. The van der Waals surface area contributed by atoms with Crippen molar-refractivity contribution in [1.82, 2.24) is 0 Å². The summed E-state index contributed by atoms with van der Waals surface area (Å²) in [6.07, 6.45) is 6.26. The minimum Gasteiger partial charge on any atom is -0.497 e. The summed E-state index contributed by atoms with van der Waals surface area (Å²) < 4.78 is 17.4. The summed E-state index contributed by atoms with van der Waals surface area (Å²) in [7, 11) is 5.53. The van der Waals surface area contributed by atoms with E-state index in [2.05, 4.69) is 7.05 Å². The van der Waals surface area contributed by atoms with Crippen molar-refractivity contribution in [2.75, 3.05) is 41.0 Å². The van der Waals surface area contributed by atoms with Crippen molar-refractivity contribution in [2.24, 2.45) is 5.92 Å². The number of quaternary nitrogens is 1. The maximum Gasteiger partial charge on any atom is 0.341 e. The van der Waals surface area contributed by atoms with E-state index in [1.54, 1.807) is 32.4 Å². The van der Waals surface area contributed by atoms with Crippen LogP contribution in [0.5, 0.6) is 11.5 Å². The second-order valence-electron chi connectivity index (χ2n) is 7.56. The second kappa shape index (κ2) is 7.65. The maximum atomic E-state index is 12.6. The van der Waals surface area contributed by atoms with Gasteiger partial charge in [-0.1, -0.05) is 0 Å². The molecule has 1 aromatic rings. The van der Waals surface area contributed by atoms with Crippen LogP contribution in [0.3, 0.4) is 0 Å². The zero-order valence-electron chi connectivity index (χ0n) is 15.6. The highest BCUT2D eigenvalue weighted by Crippen LogP contribution is 2.36. The van der Waals surface area contributed by atoms with Crippen molar-refractivity contribution in [3.63, 3.8) is 0 Å². The molecule has 2 aliphatic rings. The monoisotopic (exact) mass is 348 g/mol. The normalized spacial score (nSPS) is 28.8. The molecule has 138 valence electrons. The number of carbonyl (C=O) groups is 1. The Morgan fingerprint density at radius 1 is 1.12 bits per heavy atom. The molecule has 0 saturated carbocycles. The van der Waals surface area contributed by atoms with Gasteiger partial charge in [-0.3, -0.25) is 0 Å². The zero-order valence-corrected chi connectivity index (χ0v) is 15.6. The Kier molecular flexibility index (Phi) is 5.52.